The number of hydrogen-bond donors (Lipinski definition) is 1. The van der Waals surface area contributed by atoms with Gasteiger partial charge < -0.3 is 0 Å². The van der Waals surface area contributed by atoms with E-state index >= 15 is 0 Å². The number of hydrogen-bond acceptors (Lipinski definition) is 5. The van der Waals surface area contributed by atoms with Crippen LogP contribution >= 0.6 is 0 Å². The standard InChI is InChI=1S/C18H21N5O/c1-12-6-8-14(9-7-12)20-21-15(11-19)17(24)16-10-13(2)22-23(16)18(3,4)5/h6-10,20H,1-5H3/b21-15-. The fourth-order valence-electron chi connectivity index (χ4n) is 2.17. The molecule has 0 amide bonds. The van der Waals surface area contributed by atoms with Crippen molar-refractivity contribution in [2.75, 3.05) is 5.43 Å². The first-order chi connectivity index (χ1) is 11.2. The van der Waals surface area contributed by atoms with Gasteiger partial charge in [-0.3, -0.25) is 14.9 Å². The van der Waals surface area contributed by atoms with Gasteiger partial charge in [-0.2, -0.15) is 15.5 Å². The van der Waals surface area contributed by atoms with Gasteiger partial charge in [-0.15, -0.1) is 0 Å². The summed E-state index contributed by atoms with van der Waals surface area (Å²) in [6.45, 7) is 9.64. The molecule has 24 heavy (non-hydrogen) atoms. The maximum Gasteiger partial charge on any atom is 0.241 e. The third-order valence-corrected chi connectivity index (χ3v) is 3.37. The van der Waals surface area contributed by atoms with Crippen LogP contribution in [-0.4, -0.2) is 21.3 Å². The minimum atomic E-state index is -0.451. The van der Waals surface area contributed by atoms with Gasteiger partial charge in [-0.25, -0.2) is 0 Å². The number of aryl methyl sites for hydroxylation is 2. The van der Waals surface area contributed by atoms with Crippen molar-refractivity contribution in [3.05, 3.63) is 47.3 Å². The second kappa shape index (κ2) is 6.67. The average molecular weight is 323 g/mol. The van der Waals surface area contributed by atoms with Gasteiger partial charge in [0.25, 0.3) is 0 Å². The lowest BCUT2D eigenvalue weighted by molar-refractivity contribution is 0.105. The Balaban J connectivity index is 2.31. The molecular weight excluding hydrogens is 302 g/mol. The summed E-state index contributed by atoms with van der Waals surface area (Å²) in [6, 6.07) is 11.1. The van der Waals surface area contributed by atoms with Gasteiger partial charge in [-0.1, -0.05) is 17.7 Å². The van der Waals surface area contributed by atoms with Crippen molar-refractivity contribution in [3.63, 3.8) is 0 Å². The summed E-state index contributed by atoms with van der Waals surface area (Å²) in [4.78, 5) is 12.7. The number of ketones is 1. The number of nitrogens with one attached hydrogen (secondary N) is 1. The monoisotopic (exact) mass is 323 g/mol. The molecule has 1 N–H and O–H groups in total. The number of nitriles is 1. The van der Waals surface area contributed by atoms with Gasteiger partial charge in [-0.05, 0) is 52.8 Å². The summed E-state index contributed by atoms with van der Waals surface area (Å²) in [6.07, 6.45) is 0. The number of carbonyl (C=O) groups excluding carboxylic acids is 1. The first kappa shape index (κ1) is 17.4. The van der Waals surface area contributed by atoms with E-state index < -0.39 is 5.78 Å². The van der Waals surface area contributed by atoms with Crippen LogP contribution in [0.5, 0.6) is 0 Å². The molecule has 0 aliphatic carbocycles. The third-order valence-electron chi connectivity index (χ3n) is 3.37. The summed E-state index contributed by atoms with van der Waals surface area (Å²) < 4.78 is 1.63. The van der Waals surface area contributed by atoms with Crippen LogP contribution in [0.15, 0.2) is 35.4 Å². The van der Waals surface area contributed by atoms with Crippen molar-refractivity contribution >= 4 is 17.2 Å². The molecule has 0 radical (unpaired) electrons. The Bertz CT molecular complexity index is 817. The van der Waals surface area contributed by atoms with E-state index in [9.17, 15) is 10.1 Å². The van der Waals surface area contributed by atoms with Crippen LogP contribution in [0.2, 0.25) is 0 Å². The molecule has 6 heteroatoms. The minimum Gasteiger partial charge on any atom is -0.284 e. The lowest BCUT2D eigenvalue weighted by atomic mass is 10.1. The van der Waals surface area contributed by atoms with Crippen LogP contribution in [0.3, 0.4) is 0 Å². The van der Waals surface area contributed by atoms with Crippen molar-refractivity contribution in [1.29, 1.82) is 5.26 Å². The van der Waals surface area contributed by atoms with Crippen molar-refractivity contribution in [2.45, 2.75) is 40.2 Å². The van der Waals surface area contributed by atoms with Gasteiger partial charge in [0.1, 0.15) is 11.8 Å². The summed E-state index contributed by atoms with van der Waals surface area (Å²) >= 11 is 0. The molecule has 0 saturated carbocycles. The number of aromatic nitrogens is 2. The molecule has 0 aliphatic rings. The Morgan fingerprint density at radius 3 is 2.42 bits per heavy atom. The van der Waals surface area contributed by atoms with Crippen LogP contribution in [0, 0.1) is 25.2 Å². The normalized spacial score (nSPS) is 11.9. The molecule has 2 rings (SSSR count). The summed E-state index contributed by atoms with van der Waals surface area (Å²) in [5.41, 5.74) is 5.07. The second-order valence-corrected chi connectivity index (χ2v) is 6.63. The molecule has 0 spiro atoms. The van der Waals surface area contributed by atoms with Gasteiger partial charge in [0.05, 0.1) is 16.9 Å². The zero-order valence-corrected chi connectivity index (χ0v) is 14.6. The van der Waals surface area contributed by atoms with Crippen molar-refractivity contribution in [2.24, 2.45) is 5.10 Å². The predicted octanol–water partition coefficient (Wildman–Crippen LogP) is 3.43. The van der Waals surface area contributed by atoms with E-state index in [-0.39, 0.29) is 11.3 Å². The van der Waals surface area contributed by atoms with Gasteiger partial charge in [0.15, 0.2) is 0 Å². The molecule has 0 fully saturated rings. The molecule has 124 valence electrons. The summed E-state index contributed by atoms with van der Waals surface area (Å²) in [5.74, 6) is -0.451. The number of benzene rings is 1. The Hall–Kier alpha value is -2.94. The number of carbonyl (C=O) groups is 1. The molecule has 1 heterocycles. The van der Waals surface area contributed by atoms with Crippen molar-refractivity contribution in [1.82, 2.24) is 9.78 Å². The lowest BCUT2D eigenvalue weighted by Crippen LogP contribution is -2.29. The average Bonchev–Trinajstić information content (AvgIpc) is 2.91. The van der Waals surface area contributed by atoms with E-state index in [1.165, 1.54) is 0 Å². The number of rotatable bonds is 4. The van der Waals surface area contributed by atoms with Crippen LogP contribution in [0.4, 0.5) is 5.69 Å². The minimum absolute atomic E-state index is 0.207. The van der Waals surface area contributed by atoms with E-state index in [0.29, 0.717) is 11.4 Å². The number of Topliss-reactive ketones (excluding diaryl/α,β-unsaturated/α-hetero) is 1. The topological polar surface area (TPSA) is 83.1 Å². The lowest BCUT2D eigenvalue weighted by Gasteiger charge is -2.21. The van der Waals surface area contributed by atoms with Gasteiger partial charge in [0.2, 0.25) is 11.5 Å². The number of nitrogens with zero attached hydrogens (tertiary/aromatic N) is 4. The van der Waals surface area contributed by atoms with E-state index in [2.05, 4.69) is 15.6 Å². The smallest absolute Gasteiger partial charge is 0.241 e. The van der Waals surface area contributed by atoms with E-state index in [0.717, 1.165) is 11.3 Å². The van der Waals surface area contributed by atoms with Crippen LogP contribution < -0.4 is 5.43 Å². The largest absolute Gasteiger partial charge is 0.284 e. The van der Waals surface area contributed by atoms with Crippen LogP contribution in [0.25, 0.3) is 0 Å². The molecule has 0 saturated heterocycles. The predicted molar refractivity (Wildman–Crippen MR) is 94.1 cm³/mol. The zero-order valence-electron chi connectivity index (χ0n) is 14.6. The van der Waals surface area contributed by atoms with Gasteiger partial charge >= 0.3 is 0 Å². The van der Waals surface area contributed by atoms with Crippen molar-refractivity contribution < 1.29 is 4.79 Å². The molecule has 2 aromatic rings. The molecule has 0 unspecified atom stereocenters. The highest BCUT2D eigenvalue weighted by molar-refractivity contribution is 6.51. The molecule has 1 aromatic heterocycles. The maximum absolute atomic E-state index is 12.7. The molecule has 0 bridgehead atoms. The highest BCUT2D eigenvalue weighted by Crippen LogP contribution is 2.18. The van der Waals surface area contributed by atoms with Crippen LogP contribution in [0.1, 0.15) is 42.5 Å². The SMILES string of the molecule is Cc1ccc(N/N=C(/C#N)C(=O)c2cc(C)nn2C(C)(C)C)cc1. The Morgan fingerprint density at radius 1 is 1.25 bits per heavy atom. The van der Waals surface area contributed by atoms with E-state index in [4.69, 9.17) is 0 Å². The first-order valence-corrected chi connectivity index (χ1v) is 7.64. The highest BCUT2D eigenvalue weighted by atomic mass is 16.1. The first-order valence-electron chi connectivity index (χ1n) is 7.64. The highest BCUT2D eigenvalue weighted by Gasteiger charge is 2.25. The quantitative estimate of drug-likeness (QED) is 0.531. The Kier molecular flexibility index (Phi) is 4.84. The van der Waals surface area contributed by atoms with E-state index in [1.807, 2.05) is 65.0 Å². The molecule has 1 aromatic carbocycles. The zero-order chi connectivity index (χ0) is 17.9. The van der Waals surface area contributed by atoms with E-state index in [1.54, 1.807) is 10.7 Å². The molecule has 6 nitrogen and oxygen atoms in total. The Morgan fingerprint density at radius 2 is 1.88 bits per heavy atom. The third kappa shape index (κ3) is 3.87. The summed E-state index contributed by atoms with van der Waals surface area (Å²) in [7, 11) is 0. The fourth-order valence-corrected chi connectivity index (χ4v) is 2.17. The Labute approximate surface area is 141 Å². The van der Waals surface area contributed by atoms with Crippen LogP contribution in [-0.2, 0) is 5.54 Å². The number of hydrazone groups is 1. The molecule has 0 aliphatic heterocycles. The molecular formula is C18H21N5O. The van der Waals surface area contributed by atoms with Gasteiger partial charge in [0, 0.05) is 0 Å². The fraction of sp³-hybridized carbons (Fsp3) is 0.333. The van der Waals surface area contributed by atoms with Crippen molar-refractivity contribution in [3.8, 4) is 6.07 Å². The molecule has 0 atom stereocenters. The second-order valence-electron chi connectivity index (χ2n) is 6.63. The maximum atomic E-state index is 12.7. The number of anilines is 1. The summed E-state index contributed by atoms with van der Waals surface area (Å²) in [5, 5.41) is 17.6.